The van der Waals surface area contributed by atoms with Gasteiger partial charge in [0, 0.05) is 24.7 Å². The summed E-state index contributed by atoms with van der Waals surface area (Å²) in [6.45, 7) is 11.3. The summed E-state index contributed by atoms with van der Waals surface area (Å²) in [7, 11) is 0. The second-order valence-corrected chi connectivity index (χ2v) is 4.21. The molecule has 0 aromatic rings. The second-order valence-electron chi connectivity index (χ2n) is 4.21. The highest BCUT2D eigenvalue weighted by Gasteiger charge is 2.39. The Morgan fingerprint density at radius 2 is 1.73 bits per heavy atom. The predicted octanol–water partition coefficient (Wildman–Crippen LogP) is 0.982. The van der Waals surface area contributed by atoms with Crippen LogP contribution in [-0.2, 0) is 0 Å². The van der Waals surface area contributed by atoms with Crippen molar-refractivity contribution in [2.45, 2.75) is 39.3 Å². The van der Waals surface area contributed by atoms with Crippen molar-refractivity contribution in [2.75, 3.05) is 13.1 Å². The Kier molecular flexibility index (Phi) is 2.55. The Balaban J connectivity index is 2.47. The molecule has 0 unspecified atom stereocenters. The first-order valence-electron chi connectivity index (χ1n) is 4.55. The summed E-state index contributed by atoms with van der Waals surface area (Å²) in [5, 5.41) is 6.96. The molecule has 2 N–H and O–H groups in total. The van der Waals surface area contributed by atoms with Crippen LogP contribution in [0.4, 0.5) is 0 Å². The summed E-state index contributed by atoms with van der Waals surface area (Å²) in [4.78, 5) is 0. The van der Waals surface area contributed by atoms with E-state index in [0.717, 1.165) is 19.0 Å². The maximum absolute atomic E-state index is 3.63. The average molecular weight is 156 g/mol. The van der Waals surface area contributed by atoms with Gasteiger partial charge in [0.1, 0.15) is 0 Å². The van der Waals surface area contributed by atoms with Crippen molar-refractivity contribution < 1.29 is 0 Å². The van der Waals surface area contributed by atoms with E-state index in [1.54, 1.807) is 0 Å². The van der Waals surface area contributed by atoms with Crippen molar-refractivity contribution in [1.29, 1.82) is 0 Å². The minimum Gasteiger partial charge on any atom is -0.313 e. The zero-order valence-corrected chi connectivity index (χ0v) is 8.07. The summed E-state index contributed by atoms with van der Waals surface area (Å²) >= 11 is 0. The Hall–Kier alpha value is -0.0800. The van der Waals surface area contributed by atoms with Gasteiger partial charge in [-0.15, -0.1) is 0 Å². The molecular formula is C9H20N2. The van der Waals surface area contributed by atoms with E-state index < -0.39 is 0 Å². The lowest BCUT2D eigenvalue weighted by Crippen LogP contribution is -2.71. The van der Waals surface area contributed by atoms with E-state index in [9.17, 15) is 0 Å². The molecule has 1 fully saturated rings. The van der Waals surface area contributed by atoms with Gasteiger partial charge >= 0.3 is 0 Å². The van der Waals surface area contributed by atoms with E-state index in [4.69, 9.17) is 0 Å². The normalized spacial score (nSPS) is 22.4. The van der Waals surface area contributed by atoms with Crippen LogP contribution in [0.25, 0.3) is 0 Å². The summed E-state index contributed by atoms with van der Waals surface area (Å²) in [5.41, 5.74) is 0.383. The molecule has 0 aliphatic carbocycles. The highest BCUT2D eigenvalue weighted by atomic mass is 15.2. The maximum atomic E-state index is 3.63. The third-order valence-electron chi connectivity index (χ3n) is 2.56. The van der Waals surface area contributed by atoms with E-state index in [-0.39, 0.29) is 0 Å². The zero-order chi connectivity index (χ0) is 8.48. The molecule has 0 aromatic carbocycles. The van der Waals surface area contributed by atoms with Crippen LogP contribution in [0.3, 0.4) is 0 Å². The average Bonchev–Trinajstić information content (AvgIpc) is 1.77. The van der Waals surface area contributed by atoms with E-state index in [1.165, 1.54) is 0 Å². The molecule has 1 saturated heterocycles. The lowest BCUT2D eigenvalue weighted by Gasteiger charge is -2.48. The highest BCUT2D eigenvalue weighted by Crippen LogP contribution is 2.21. The lowest BCUT2D eigenvalue weighted by molar-refractivity contribution is 0.138. The van der Waals surface area contributed by atoms with Gasteiger partial charge in [-0.05, 0) is 5.92 Å². The third kappa shape index (κ3) is 1.74. The molecule has 1 rings (SSSR count). The van der Waals surface area contributed by atoms with Crippen LogP contribution in [0.5, 0.6) is 0 Å². The molecular weight excluding hydrogens is 136 g/mol. The van der Waals surface area contributed by atoms with Crippen molar-refractivity contribution in [2.24, 2.45) is 5.92 Å². The van der Waals surface area contributed by atoms with Gasteiger partial charge in [-0.3, -0.25) is 0 Å². The monoisotopic (exact) mass is 156 g/mol. The molecule has 2 heteroatoms. The van der Waals surface area contributed by atoms with Gasteiger partial charge < -0.3 is 10.6 Å². The molecule has 1 aliphatic heterocycles. The Morgan fingerprint density at radius 1 is 1.18 bits per heavy atom. The van der Waals surface area contributed by atoms with Crippen molar-refractivity contribution in [3.05, 3.63) is 0 Å². The molecule has 0 bridgehead atoms. The van der Waals surface area contributed by atoms with E-state index in [0.29, 0.717) is 11.6 Å². The number of hydrogen-bond donors (Lipinski definition) is 2. The van der Waals surface area contributed by atoms with E-state index in [2.05, 4.69) is 38.3 Å². The van der Waals surface area contributed by atoms with Crippen LogP contribution < -0.4 is 10.6 Å². The fourth-order valence-electron chi connectivity index (χ4n) is 1.65. The van der Waals surface area contributed by atoms with E-state index >= 15 is 0 Å². The minimum atomic E-state index is 0.383. The molecule has 0 amide bonds. The quantitative estimate of drug-likeness (QED) is 0.636. The van der Waals surface area contributed by atoms with Crippen molar-refractivity contribution in [3.8, 4) is 0 Å². The molecule has 0 radical (unpaired) electrons. The second kappa shape index (κ2) is 3.11. The lowest BCUT2D eigenvalue weighted by atomic mass is 9.80. The molecule has 1 aliphatic rings. The first-order chi connectivity index (χ1) is 5.07. The van der Waals surface area contributed by atoms with Gasteiger partial charge in [-0.2, -0.15) is 0 Å². The fourth-order valence-corrected chi connectivity index (χ4v) is 1.65. The molecule has 0 atom stereocenters. The van der Waals surface area contributed by atoms with Gasteiger partial charge in [0.15, 0.2) is 0 Å². The third-order valence-corrected chi connectivity index (χ3v) is 2.56. The topological polar surface area (TPSA) is 24.1 Å². The number of rotatable bonds is 3. The molecule has 0 saturated carbocycles. The molecule has 11 heavy (non-hydrogen) atoms. The van der Waals surface area contributed by atoms with Crippen molar-refractivity contribution >= 4 is 0 Å². The van der Waals surface area contributed by atoms with Crippen molar-refractivity contribution in [1.82, 2.24) is 10.6 Å². The number of nitrogens with one attached hydrogen (secondary N) is 2. The maximum Gasteiger partial charge on any atom is 0.0457 e. The van der Waals surface area contributed by atoms with E-state index in [1.807, 2.05) is 0 Å². The summed E-state index contributed by atoms with van der Waals surface area (Å²) in [5.74, 6) is 0.728. The SMILES string of the molecule is CC(C)NC1(C(C)C)CNC1. The van der Waals surface area contributed by atoms with Gasteiger partial charge in [0.25, 0.3) is 0 Å². The van der Waals surface area contributed by atoms with Crippen LogP contribution >= 0.6 is 0 Å². The van der Waals surface area contributed by atoms with Gasteiger partial charge in [0.05, 0.1) is 0 Å². The Morgan fingerprint density at radius 3 is 1.82 bits per heavy atom. The standard InChI is InChI=1S/C9H20N2/c1-7(2)9(5-10-6-9)11-8(3)4/h7-8,10-11H,5-6H2,1-4H3. The van der Waals surface area contributed by atoms with Crippen molar-refractivity contribution in [3.63, 3.8) is 0 Å². The number of hydrogen-bond acceptors (Lipinski definition) is 2. The molecule has 0 aromatic heterocycles. The van der Waals surface area contributed by atoms with Gasteiger partial charge in [0.2, 0.25) is 0 Å². The molecule has 0 spiro atoms. The zero-order valence-electron chi connectivity index (χ0n) is 8.07. The highest BCUT2D eigenvalue weighted by molar-refractivity contribution is 5.03. The Bertz CT molecular complexity index is 126. The van der Waals surface area contributed by atoms with Crippen LogP contribution in [-0.4, -0.2) is 24.7 Å². The predicted molar refractivity (Wildman–Crippen MR) is 48.7 cm³/mol. The van der Waals surface area contributed by atoms with Gasteiger partial charge in [-0.25, -0.2) is 0 Å². The van der Waals surface area contributed by atoms with Crippen LogP contribution in [0.15, 0.2) is 0 Å². The molecule has 2 nitrogen and oxygen atoms in total. The summed E-state index contributed by atoms with van der Waals surface area (Å²) in [6.07, 6.45) is 0. The Labute approximate surface area is 69.8 Å². The van der Waals surface area contributed by atoms with Gasteiger partial charge in [-0.1, -0.05) is 27.7 Å². The summed E-state index contributed by atoms with van der Waals surface area (Å²) < 4.78 is 0. The first-order valence-corrected chi connectivity index (χ1v) is 4.55. The van der Waals surface area contributed by atoms with Crippen LogP contribution in [0.2, 0.25) is 0 Å². The largest absolute Gasteiger partial charge is 0.313 e. The smallest absolute Gasteiger partial charge is 0.0457 e. The summed E-state index contributed by atoms with van der Waals surface area (Å²) in [6, 6.07) is 0.597. The molecule has 1 heterocycles. The van der Waals surface area contributed by atoms with Crippen LogP contribution in [0.1, 0.15) is 27.7 Å². The fraction of sp³-hybridized carbons (Fsp3) is 1.00. The minimum absolute atomic E-state index is 0.383. The first kappa shape index (κ1) is 9.01. The van der Waals surface area contributed by atoms with Crippen LogP contribution in [0, 0.1) is 5.92 Å². The molecule has 66 valence electrons.